The van der Waals surface area contributed by atoms with Crippen molar-refractivity contribution in [3.05, 3.63) is 58.1 Å². The number of rotatable bonds is 8. The zero-order chi connectivity index (χ0) is 21.8. The zero-order valence-electron chi connectivity index (χ0n) is 15.7. The first-order chi connectivity index (χ1) is 15.0. The fourth-order valence-corrected chi connectivity index (χ4v) is 6.00. The first-order valence-electron chi connectivity index (χ1n) is 8.74. The first-order valence-corrected chi connectivity index (χ1v) is 12.3. The van der Waals surface area contributed by atoms with Gasteiger partial charge >= 0.3 is 0 Å². The number of benzene rings is 2. The Hall–Kier alpha value is -2.74. The number of non-ortho nitro benzene ring substituents is 1. The van der Waals surface area contributed by atoms with Crippen LogP contribution in [0.4, 0.5) is 16.5 Å². The molecule has 0 aliphatic heterocycles. The Bertz CT molecular complexity index is 1240. The van der Waals surface area contributed by atoms with Crippen molar-refractivity contribution in [2.45, 2.75) is 14.4 Å². The number of fused-ring (bicyclic) bond motifs is 1. The van der Waals surface area contributed by atoms with E-state index in [1.54, 1.807) is 23.9 Å². The number of amides is 1. The normalized spacial score (nSPS) is 11.0. The van der Waals surface area contributed by atoms with Crippen LogP contribution in [-0.4, -0.2) is 31.8 Å². The van der Waals surface area contributed by atoms with Crippen LogP contribution in [0.25, 0.3) is 10.2 Å². The highest BCUT2D eigenvalue weighted by molar-refractivity contribution is 8.01. The molecule has 2 aromatic carbocycles. The molecular weight excluding hydrogens is 477 g/mol. The summed E-state index contributed by atoms with van der Waals surface area (Å²) in [5.74, 6) is 0.732. The molecule has 0 unspecified atom stereocenters. The van der Waals surface area contributed by atoms with Crippen molar-refractivity contribution in [2.24, 2.45) is 0 Å². The summed E-state index contributed by atoms with van der Waals surface area (Å²) < 4.78 is 2.51. The number of nitrogens with zero attached hydrogens (tertiary/aromatic N) is 4. The largest absolute Gasteiger partial charge is 0.374 e. The second kappa shape index (κ2) is 9.60. The Morgan fingerprint density at radius 3 is 2.61 bits per heavy atom. The summed E-state index contributed by atoms with van der Waals surface area (Å²) in [6.07, 6.45) is 0. The minimum atomic E-state index is -0.411. The second-order valence-corrected chi connectivity index (χ2v) is 10.6. The van der Waals surface area contributed by atoms with Gasteiger partial charge in [0.2, 0.25) is 11.0 Å². The van der Waals surface area contributed by atoms with E-state index in [2.05, 4.69) is 20.5 Å². The fourth-order valence-electron chi connectivity index (χ4n) is 2.51. The summed E-state index contributed by atoms with van der Waals surface area (Å²) in [5.41, 5.74) is 8.15. The van der Waals surface area contributed by atoms with Crippen molar-refractivity contribution in [3.63, 3.8) is 0 Å². The van der Waals surface area contributed by atoms with Crippen molar-refractivity contribution in [3.8, 4) is 0 Å². The van der Waals surface area contributed by atoms with Gasteiger partial charge in [0.15, 0.2) is 8.68 Å². The van der Waals surface area contributed by atoms with Gasteiger partial charge in [-0.3, -0.25) is 14.9 Å². The number of hydrogen-bond acceptors (Lipinski definition) is 11. The number of nitro groups is 1. The van der Waals surface area contributed by atoms with E-state index in [1.807, 2.05) is 18.2 Å². The lowest BCUT2D eigenvalue weighted by atomic mass is 10.2. The highest BCUT2D eigenvalue weighted by Crippen LogP contribution is 2.33. The number of thiazole rings is 1. The van der Waals surface area contributed by atoms with Crippen molar-refractivity contribution >= 4 is 78.8 Å². The van der Waals surface area contributed by atoms with E-state index in [9.17, 15) is 14.9 Å². The lowest BCUT2D eigenvalue weighted by molar-refractivity contribution is -0.384. The predicted molar refractivity (Wildman–Crippen MR) is 126 cm³/mol. The van der Waals surface area contributed by atoms with Gasteiger partial charge in [-0.15, -0.1) is 21.5 Å². The van der Waals surface area contributed by atoms with E-state index in [1.165, 1.54) is 46.6 Å². The van der Waals surface area contributed by atoms with Crippen LogP contribution in [0.3, 0.4) is 0 Å². The van der Waals surface area contributed by atoms with Gasteiger partial charge in [0.1, 0.15) is 0 Å². The van der Waals surface area contributed by atoms with E-state index in [4.69, 9.17) is 5.73 Å². The maximum Gasteiger partial charge on any atom is 0.269 e. The highest BCUT2D eigenvalue weighted by Gasteiger charge is 2.10. The Morgan fingerprint density at radius 2 is 1.90 bits per heavy atom. The van der Waals surface area contributed by atoms with E-state index in [-0.39, 0.29) is 17.3 Å². The van der Waals surface area contributed by atoms with Gasteiger partial charge in [0.25, 0.3) is 5.69 Å². The minimum Gasteiger partial charge on any atom is -0.374 e. The summed E-state index contributed by atoms with van der Waals surface area (Å²) in [4.78, 5) is 27.1. The average molecular weight is 491 g/mol. The number of nitrogens with two attached hydrogens (primary N) is 1. The quantitative estimate of drug-likeness (QED) is 0.205. The average Bonchev–Trinajstić information content (AvgIpc) is 3.36. The molecule has 13 heteroatoms. The van der Waals surface area contributed by atoms with Crippen molar-refractivity contribution < 1.29 is 9.72 Å². The van der Waals surface area contributed by atoms with Crippen LogP contribution >= 0.6 is 46.2 Å². The Labute approximate surface area is 192 Å². The number of anilines is 2. The maximum atomic E-state index is 12.2. The zero-order valence-corrected chi connectivity index (χ0v) is 18.9. The molecule has 2 heterocycles. The molecule has 2 aromatic heterocycles. The molecule has 0 bridgehead atoms. The molecule has 0 aliphatic rings. The van der Waals surface area contributed by atoms with Gasteiger partial charge in [-0.1, -0.05) is 47.0 Å². The maximum absolute atomic E-state index is 12.2. The third-order valence-corrected chi connectivity index (χ3v) is 8.03. The second-order valence-electron chi connectivity index (χ2n) is 6.12. The van der Waals surface area contributed by atoms with Gasteiger partial charge in [0.05, 0.1) is 20.9 Å². The monoisotopic (exact) mass is 490 g/mol. The van der Waals surface area contributed by atoms with Crippen LogP contribution in [-0.2, 0) is 10.5 Å². The Morgan fingerprint density at radius 1 is 1.10 bits per heavy atom. The van der Waals surface area contributed by atoms with E-state index in [0.717, 1.165) is 20.1 Å². The van der Waals surface area contributed by atoms with E-state index < -0.39 is 4.92 Å². The number of carbonyl (C=O) groups excluding carboxylic acids is 1. The van der Waals surface area contributed by atoms with Gasteiger partial charge in [-0.2, -0.15) is 0 Å². The highest BCUT2D eigenvalue weighted by atomic mass is 32.2. The number of nitro benzene ring substituents is 1. The summed E-state index contributed by atoms with van der Waals surface area (Å²) in [7, 11) is 0. The molecule has 0 saturated heterocycles. The molecule has 0 spiro atoms. The fraction of sp³-hybridized carbons (Fsp3) is 0.111. The number of nitrogens with one attached hydrogen (secondary N) is 1. The van der Waals surface area contributed by atoms with Gasteiger partial charge in [-0.05, 0) is 23.8 Å². The lowest BCUT2D eigenvalue weighted by Crippen LogP contribution is -2.13. The minimum absolute atomic E-state index is 0.0779. The van der Waals surface area contributed by atoms with Crippen LogP contribution in [0.1, 0.15) is 5.56 Å². The molecule has 0 radical (unpaired) electrons. The molecule has 3 N–H and O–H groups in total. The molecule has 158 valence electrons. The van der Waals surface area contributed by atoms with Gasteiger partial charge < -0.3 is 11.1 Å². The topological polar surface area (TPSA) is 137 Å². The van der Waals surface area contributed by atoms with Crippen molar-refractivity contribution in [1.82, 2.24) is 15.2 Å². The number of thioether (sulfide) groups is 2. The SMILES string of the molecule is Nc1nnc(SCC(=O)Nc2ccc3nc(SCc4ccc([N+](=O)[O-])cc4)sc3c2)s1. The lowest BCUT2D eigenvalue weighted by Gasteiger charge is -2.03. The van der Waals surface area contributed by atoms with Crippen molar-refractivity contribution in [2.75, 3.05) is 16.8 Å². The summed E-state index contributed by atoms with van der Waals surface area (Å²) >= 11 is 5.63. The van der Waals surface area contributed by atoms with Crippen LogP contribution in [0, 0.1) is 10.1 Å². The Balaban J connectivity index is 1.35. The first kappa shape index (κ1) is 21.5. The van der Waals surface area contributed by atoms with E-state index in [0.29, 0.717) is 20.9 Å². The number of hydrogen-bond donors (Lipinski definition) is 2. The molecule has 0 saturated carbocycles. The van der Waals surface area contributed by atoms with Crippen molar-refractivity contribution in [1.29, 1.82) is 0 Å². The number of aromatic nitrogens is 3. The number of nitrogen functional groups attached to an aromatic ring is 1. The standard InChI is InChI=1S/C18H14N6O3S4/c19-16-22-23-18(31-16)29-9-15(25)20-11-3-6-13-14(7-11)30-17(21-13)28-8-10-1-4-12(5-2-10)24(26)27/h1-7H,8-9H2,(H2,19,22)(H,20,25). The molecule has 4 aromatic rings. The number of carbonyl (C=O) groups is 1. The van der Waals surface area contributed by atoms with Crippen LogP contribution in [0.15, 0.2) is 51.1 Å². The Kier molecular flexibility index (Phi) is 6.65. The molecule has 0 atom stereocenters. The predicted octanol–water partition coefficient (Wildman–Crippen LogP) is 4.66. The molecule has 0 aliphatic carbocycles. The summed E-state index contributed by atoms with van der Waals surface area (Å²) in [6.45, 7) is 0. The van der Waals surface area contributed by atoms with Crippen LogP contribution < -0.4 is 11.1 Å². The summed E-state index contributed by atoms with van der Waals surface area (Å²) in [5, 5.41) is 21.6. The van der Waals surface area contributed by atoms with Gasteiger partial charge in [0, 0.05) is 23.6 Å². The molecule has 1 amide bonds. The third-order valence-electron chi connectivity index (χ3n) is 3.91. The van der Waals surface area contributed by atoms with Gasteiger partial charge in [-0.25, -0.2) is 4.98 Å². The molecule has 31 heavy (non-hydrogen) atoms. The summed E-state index contributed by atoms with van der Waals surface area (Å²) in [6, 6.07) is 12.1. The molecule has 4 rings (SSSR count). The van der Waals surface area contributed by atoms with Crippen LogP contribution in [0.5, 0.6) is 0 Å². The molecule has 9 nitrogen and oxygen atoms in total. The molecular formula is C18H14N6O3S4. The van der Waals surface area contributed by atoms with E-state index >= 15 is 0 Å². The van der Waals surface area contributed by atoms with Crippen LogP contribution in [0.2, 0.25) is 0 Å². The molecule has 0 fully saturated rings. The third kappa shape index (κ3) is 5.70. The smallest absolute Gasteiger partial charge is 0.269 e.